The van der Waals surface area contributed by atoms with E-state index in [0.717, 1.165) is 36.5 Å². The van der Waals surface area contributed by atoms with Gasteiger partial charge in [-0.25, -0.2) is 42.7 Å². The fourth-order valence-electron chi connectivity index (χ4n) is 2.89. The zero-order chi connectivity index (χ0) is 36.8. The number of carbonyl (C=O) groups is 8. The Labute approximate surface area is 274 Å². The van der Waals surface area contributed by atoms with Crippen LogP contribution in [0.4, 0.5) is 4.39 Å². The van der Waals surface area contributed by atoms with E-state index in [1.54, 1.807) is 0 Å². The second-order valence-electron chi connectivity index (χ2n) is 9.45. The molecule has 0 spiro atoms. The van der Waals surface area contributed by atoms with Gasteiger partial charge in [0, 0.05) is 36.5 Å². The molecule has 0 unspecified atom stereocenters. The van der Waals surface area contributed by atoms with E-state index >= 15 is 4.39 Å². The van der Waals surface area contributed by atoms with Crippen LogP contribution in [0.25, 0.3) is 0 Å². The summed E-state index contributed by atoms with van der Waals surface area (Å²) < 4.78 is 54.5. The van der Waals surface area contributed by atoms with E-state index in [0.29, 0.717) is 0 Å². The molecule has 16 nitrogen and oxygen atoms in total. The number of ether oxygens (including phenoxy) is 8. The summed E-state index contributed by atoms with van der Waals surface area (Å²) in [7, 11) is 0. The Bertz CT molecular complexity index is 1070. The highest BCUT2D eigenvalue weighted by atomic mass is 19.1. The molecule has 0 aromatic heterocycles. The lowest BCUT2D eigenvalue weighted by Crippen LogP contribution is -2.46. The van der Waals surface area contributed by atoms with Crippen molar-refractivity contribution in [3.05, 3.63) is 75.9 Å². The zero-order valence-corrected chi connectivity index (χ0v) is 25.9. The quantitative estimate of drug-likeness (QED) is 0.0595. The number of alkyl halides is 1. The number of esters is 8. The molecule has 0 aliphatic rings. The van der Waals surface area contributed by atoms with Gasteiger partial charge in [-0.05, 0) is 0 Å². The highest BCUT2D eigenvalue weighted by Gasteiger charge is 2.42. The summed E-state index contributed by atoms with van der Waals surface area (Å²) in [5.74, 6) is -9.62. The third-order valence-corrected chi connectivity index (χ3v) is 5.58. The Kier molecular flexibility index (Phi) is 19.1. The van der Waals surface area contributed by atoms with E-state index in [9.17, 15) is 38.4 Å². The molecule has 0 saturated heterocycles. The summed E-state index contributed by atoms with van der Waals surface area (Å²) in [6.45, 7) is 13.0. The van der Waals surface area contributed by atoms with Gasteiger partial charge in [0.05, 0.1) is 0 Å². The Morgan fingerprint density at radius 3 is 0.729 bits per heavy atom. The molecule has 0 aliphatic heterocycles. The molecular formula is C31H35FO16. The molecule has 262 valence electrons. The Morgan fingerprint density at radius 2 is 0.562 bits per heavy atom. The number of halogens is 1. The predicted molar refractivity (Wildman–Crippen MR) is 159 cm³/mol. The standard InChI is InChI=1S/C31H35FO16/c1-7-21(33)41-13-30(14-42-22(34)8-2,15-43-23(35)9-3)19-47-28(39)27(32)29(40)48-20-31(16-44-24(36)10-4,17-45-25(37)11-5)18-46-26(38)12-6/h7-12,27H,1-6,13-20H2. The molecule has 0 fully saturated rings. The summed E-state index contributed by atoms with van der Waals surface area (Å²) in [5.41, 5.74) is -3.69. The Hall–Kier alpha value is -5.87. The normalized spacial score (nSPS) is 10.5. The van der Waals surface area contributed by atoms with E-state index in [1.807, 2.05) is 0 Å². The van der Waals surface area contributed by atoms with Gasteiger partial charge in [-0.3, -0.25) is 0 Å². The van der Waals surface area contributed by atoms with E-state index in [4.69, 9.17) is 37.9 Å². The largest absolute Gasteiger partial charge is 0.462 e. The first-order chi connectivity index (χ1) is 22.6. The average Bonchev–Trinajstić information content (AvgIpc) is 3.11. The topological polar surface area (TPSA) is 210 Å². The van der Waals surface area contributed by atoms with Crippen LogP contribution in [0.3, 0.4) is 0 Å². The number of rotatable bonds is 24. The van der Waals surface area contributed by atoms with E-state index < -0.39 is 118 Å². The van der Waals surface area contributed by atoms with Gasteiger partial charge in [0.2, 0.25) is 0 Å². The molecule has 0 saturated carbocycles. The Morgan fingerprint density at radius 1 is 0.396 bits per heavy atom. The number of hydrogen-bond acceptors (Lipinski definition) is 16. The van der Waals surface area contributed by atoms with Crippen molar-refractivity contribution in [2.45, 2.75) is 6.17 Å². The van der Waals surface area contributed by atoms with Crippen LogP contribution < -0.4 is 0 Å². The van der Waals surface area contributed by atoms with Crippen molar-refractivity contribution in [3.63, 3.8) is 0 Å². The molecule has 0 atom stereocenters. The molecule has 0 N–H and O–H groups in total. The summed E-state index contributed by atoms with van der Waals surface area (Å²) >= 11 is 0. The fourth-order valence-corrected chi connectivity index (χ4v) is 2.89. The minimum Gasteiger partial charge on any atom is -0.462 e. The maximum absolute atomic E-state index is 15.0. The maximum Gasteiger partial charge on any atom is 0.352 e. The van der Waals surface area contributed by atoms with E-state index in [1.165, 1.54) is 0 Å². The fraction of sp³-hybridized carbons (Fsp3) is 0.355. The molecule has 0 amide bonds. The lowest BCUT2D eigenvalue weighted by Gasteiger charge is -2.32. The summed E-state index contributed by atoms with van der Waals surface area (Å²) in [6, 6.07) is 0. The van der Waals surface area contributed by atoms with E-state index in [2.05, 4.69) is 39.5 Å². The van der Waals surface area contributed by atoms with Crippen molar-refractivity contribution in [3.8, 4) is 0 Å². The maximum atomic E-state index is 15.0. The smallest absolute Gasteiger partial charge is 0.352 e. The summed E-state index contributed by atoms with van der Waals surface area (Å²) in [5, 5.41) is 0. The van der Waals surface area contributed by atoms with Gasteiger partial charge in [0.15, 0.2) is 0 Å². The van der Waals surface area contributed by atoms with Crippen molar-refractivity contribution >= 4 is 47.8 Å². The molecule has 0 bridgehead atoms. The van der Waals surface area contributed by atoms with Gasteiger partial charge >= 0.3 is 47.8 Å². The molecule has 0 aromatic carbocycles. The second-order valence-corrected chi connectivity index (χ2v) is 9.45. The summed E-state index contributed by atoms with van der Waals surface area (Å²) in [4.78, 5) is 95.5. The van der Waals surface area contributed by atoms with Gasteiger partial charge in [-0.1, -0.05) is 39.5 Å². The second kappa shape index (κ2) is 21.8. The molecule has 0 aliphatic carbocycles. The van der Waals surface area contributed by atoms with Crippen LogP contribution in [0.5, 0.6) is 0 Å². The predicted octanol–water partition coefficient (Wildman–Crippen LogP) is 0.759. The van der Waals surface area contributed by atoms with Gasteiger partial charge in [0.1, 0.15) is 63.7 Å². The van der Waals surface area contributed by atoms with Gasteiger partial charge in [-0.15, -0.1) is 0 Å². The highest BCUT2D eigenvalue weighted by Crippen LogP contribution is 2.24. The molecule has 17 heteroatoms. The minimum absolute atomic E-state index is 0.736. The molecule has 0 radical (unpaired) electrons. The first-order valence-corrected chi connectivity index (χ1v) is 13.4. The molecule has 0 heterocycles. The monoisotopic (exact) mass is 682 g/mol. The first kappa shape index (κ1) is 42.1. The summed E-state index contributed by atoms with van der Waals surface area (Å²) in [6.07, 6.45) is 1.46. The lowest BCUT2D eigenvalue weighted by atomic mass is 9.92. The third-order valence-electron chi connectivity index (χ3n) is 5.58. The SMILES string of the molecule is C=CC(=O)OCC(COC(=O)C=C)(COC(=O)C=C)COC(=O)C(F)C(=O)OCC(COC(=O)C=C)(COC(=O)C=C)COC(=O)C=C. The van der Waals surface area contributed by atoms with Crippen LogP contribution in [0.1, 0.15) is 0 Å². The molecule has 0 rings (SSSR count). The van der Waals surface area contributed by atoms with Crippen LogP contribution in [0.2, 0.25) is 0 Å². The highest BCUT2D eigenvalue weighted by molar-refractivity contribution is 5.97. The molecular weight excluding hydrogens is 647 g/mol. The van der Waals surface area contributed by atoms with E-state index in [-0.39, 0.29) is 0 Å². The number of carbonyl (C=O) groups excluding carboxylic acids is 8. The van der Waals surface area contributed by atoms with Crippen LogP contribution in [0.15, 0.2) is 75.9 Å². The van der Waals surface area contributed by atoms with Crippen LogP contribution in [-0.2, 0) is 76.3 Å². The van der Waals surface area contributed by atoms with Crippen molar-refractivity contribution < 1.29 is 80.6 Å². The van der Waals surface area contributed by atoms with Crippen LogP contribution in [0, 0.1) is 10.8 Å². The van der Waals surface area contributed by atoms with Crippen molar-refractivity contribution in [2.24, 2.45) is 10.8 Å². The first-order valence-electron chi connectivity index (χ1n) is 13.4. The Balaban J connectivity index is 6.09. The molecule has 0 aromatic rings. The molecule has 48 heavy (non-hydrogen) atoms. The van der Waals surface area contributed by atoms with Crippen molar-refractivity contribution in [2.75, 3.05) is 52.9 Å². The van der Waals surface area contributed by atoms with Crippen LogP contribution in [-0.4, -0.2) is 107 Å². The van der Waals surface area contributed by atoms with Gasteiger partial charge < -0.3 is 37.9 Å². The third kappa shape index (κ3) is 15.9. The number of hydrogen-bond donors (Lipinski definition) is 0. The van der Waals surface area contributed by atoms with Crippen LogP contribution >= 0.6 is 0 Å². The van der Waals surface area contributed by atoms with Gasteiger partial charge in [-0.2, -0.15) is 0 Å². The zero-order valence-electron chi connectivity index (χ0n) is 25.9. The van der Waals surface area contributed by atoms with Gasteiger partial charge in [0.25, 0.3) is 6.17 Å². The average molecular weight is 683 g/mol. The minimum atomic E-state index is -3.15. The lowest BCUT2D eigenvalue weighted by molar-refractivity contribution is -0.175. The van der Waals surface area contributed by atoms with Crippen molar-refractivity contribution in [1.29, 1.82) is 0 Å². The van der Waals surface area contributed by atoms with Crippen molar-refractivity contribution in [1.82, 2.24) is 0 Å².